The highest BCUT2D eigenvalue weighted by Crippen LogP contribution is 2.37. The normalized spacial score (nSPS) is 13.1. The second-order valence-corrected chi connectivity index (χ2v) is 14.2. The van der Waals surface area contributed by atoms with E-state index >= 15 is 0 Å². The van der Waals surface area contributed by atoms with Gasteiger partial charge in [-0.3, -0.25) is 9.59 Å². The van der Waals surface area contributed by atoms with E-state index in [0.29, 0.717) is 39.1 Å². The molecule has 1 rings (SSSR count). The number of nitrogens with zero attached hydrogens (tertiary/aromatic N) is 2. The van der Waals surface area contributed by atoms with E-state index in [1.165, 1.54) is 0 Å². The number of rotatable bonds is 19. The number of hydrogen-bond donors (Lipinski definition) is 1. The number of imidazole rings is 1. The van der Waals surface area contributed by atoms with Crippen LogP contribution in [0.1, 0.15) is 113 Å². The summed E-state index contributed by atoms with van der Waals surface area (Å²) in [6.07, 6.45) is 9.00. The number of carbonyl (C=O) groups excluding carboxylic acids is 2. The zero-order chi connectivity index (χ0) is 29.0. The number of ether oxygens (including phenoxy) is 2. The monoisotopic (exact) mass is 535 g/mol. The van der Waals surface area contributed by atoms with Gasteiger partial charge >= 0.3 is 11.9 Å². The van der Waals surface area contributed by atoms with Crippen LogP contribution in [0.2, 0.25) is 0 Å². The molecule has 1 aromatic rings. The molecular weight excluding hydrogens is 478 g/mol. The summed E-state index contributed by atoms with van der Waals surface area (Å²) in [6, 6.07) is 0. The summed E-state index contributed by atoms with van der Waals surface area (Å²) in [6.45, 7) is 24.7. The maximum atomic E-state index is 12.6. The fourth-order valence-electron chi connectivity index (χ4n) is 5.17. The molecule has 1 N–H and O–H groups in total. The molecule has 0 atom stereocenters. The lowest BCUT2D eigenvalue weighted by Gasteiger charge is -2.34. The fraction of sp³-hybridized carbons (Fsp3) is 0.839. The highest BCUT2D eigenvalue weighted by atomic mass is 16.5. The topological polar surface area (TPSA) is 84.5 Å². The molecule has 0 radical (unpaired) electrons. The van der Waals surface area contributed by atoms with E-state index in [1.807, 2.05) is 0 Å². The van der Waals surface area contributed by atoms with Crippen LogP contribution in [0.25, 0.3) is 0 Å². The van der Waals surface area contributed by atoms with Crippen molar-refractivity contribution in [1.82, 2.24) is 14.9 Å². The lowest BCUT2D eigenvalue weighted by Crippen LogP contribution is -2.33. The van der Waals surface area contributed by atoms with Crippen molar-refractivity contribution in [2.45, 2.75) is 114 Å². The Balaban J connectivity index is 2.58. The summed E-state index contributed by atoms with van der Waals surface area (Å²) in [7, 11) is 0. The van der Waals surface area contributed by atoms with Crippen LogP contribution in [0.15, 0.2) is 12.5 Å². The molecule has 0 amide bonds. The second-order valence-electron chi connectivity index (χ2n) is 14.2. The Bertz CT molecular complexity index is 778. The SMILES string of the molecule is CCC(C)(C)CC(C)(C)COC(=O)CCN(CCC(=O)OCC(C)(C)CC(C)(C)CC)CCc1cnc[nH]1. The van der Waals surface area contributed by atoms with Crippen LogP contribution in [-0.2, 0) is 25.5 Å². The molecule has 0 unspecified atom stereocenters. The molecule has 220 valence electrons. The van der Waals surface area contributed by atoms with Crippen molar-refractivity contribution >= 4 is 11.9 Å². The third kappa shape index (κ3) is 14.9. The summed E-state index contributed by atoms with van der Waals surface area (Å²) in [4.78, 5) is 34.5. The Morgan fingerprint density at radius 3 is 1.58 bits per heavy atom. The molecular formula is C31H57N3O4. The van der Waals surface area contributed by atoms with Gasteiger partial charge in [-0.2, -0.15) is 0 Å². The third-order valence-corrected chi connectivity index (χ3v) is 7.59. The lowest BCUT2D eigenvalue weighted by molar-refractivity contribution is -0.148. The van der Waals surface area contributed by atoms with Gasteiger partial charge in [-0.25, -0.2) is 4.98 Å². The predicted molar refractivity (Wildman–Crippen MR) is 155 cm³/mol. The van der Waals surface area contributed by atoms with Gasteiger partial charge in [0.25, 0.3) is 0 Å². The van der Waals surface area contributed by atoms with Gasteiger partial charge in [0, 0.05) is 37.9 Å². The first-order valence-electron chi connectivity index (χ1n) is 14.5. The number of aromatic amines is 1. The van der Waals surface area contributed by atoms with Gasteiger partial charge in [0.2, 0.25) is 0 Å². The van der Waals surface area contributed by atoms with Crippen LogP contribution < -0.4 is 0 Å². The van der Waals surface area contributed by atoms with Crippen molar-refractivity contribution in [2.75, 3.05) is 32.8 Å². The minimum Gasteiger partial charge on any atom is -0.465 e. The molecule has 0 aliphatic carbocycles. The van der Waals surface area contributed by atoms with Crippen LogP contribution >= 0.6 is 0 Å². The molecule has 0 aliphatic rings. The van der Waals surface area contributed by atoms with Crippen molar-refractivity contribution < 1.29 is 19.1 Å². The molecule has 0 fully saturated rings. The van der Waals surface area contributed by atoms with E-state index in [2.05, 4.69) is 84.1 Å². The molecule has 7 heteroatoms. The second kappa shape index (κ2) is 15.0. The quantitative estimate of drug-likeness (QED) is 0.196. The van der Waals surface area contributed by atoms with Crippen LogP contribution in [0.5, 0.6) is 0 Å². The Labute approximate surface area is 232 Å². The zero-order valence-electron chi connectivity index (χ0n) is 26.2. The highest BCUT2D eigenvalue weighted by molar-refractivity contribution is 5.70. The minimum atomic E-state index is -0.193. The zero-order valence-corrected chi connectivity index (χ0v) is 26.2. The summed E-state index contributed by atoms with van der Waals surface area (Å²) in [5.41, 5.74) is 1.32. The van der Waals surface area contributed by atoms with Crippen LogP contribution in [0.3, 0.4) is 0 Å². The van der Waals surface area contributed by atoms with E-state index < -0.39 is 0 Å². The fourth-order valence-corrected chi connectivity index (χ4v) is 5.17. The largest absolute Gasteiger partial charge is 0.465 e. The van der Waals surface area contributed by atoms with Crippen molar-refractivity contribution in [3.8, 4) is 0 Å². The number of aromatic nitrogens is 2. The minimum absolute atomic E-state index is 0.0701. The van der Waals surface area contributed by atoms with Crippen LogP contribution in [0, 0.1) is 21.7 Å². The van der Waals surface area contributed by atoms with E-state index in [0.717, 1.165) is 44.3 Å². The van der Waals surface area contributed by atoms with E-state index in [9.17, 15) is 9.59 Å². The van der Waals surface area contributed by atoms with Gasteiger partial charge in [-0.15, -0.1) is 0 Å². The number of carbonyl (C=O) groups is 2. The molecule has 7 nitrogen and oxygen atoms in total. The summed E-state index contributed by atoms with van der Waals surface area (Å²) in [5, 5.41) is 0. The Morgan fingerprint density at radius 1 is 0.763 bits per heavy atom. The molecule has 1 aromatic heterocycles. The summed E-state index contributed by atoms with van der Waals surface area (Å²) >= 11 is 0. The Morgan fingerprint density at radius 2 is 1.21 bits per heavy atom. The van der Waals surface area contributed by atoms with E-state index in [-0.39, 0.29) is 33.6 Å². The molecule has 1 heterocycles. The van der Waals surface area contributed by atoms with Gasteiger partial charge in [0.1, 0.15) is 0 Å². The third-order valence-electron chi connectivity index (χ3n) is 7.59. The predicted octanol–water partition coefficient (Wildman–Crippen LogP) is 6.83. The first-order chi connectivity index (χ1) is 17.5. The van der Waals surface area contributed by atoms with Crippen molar-refractivity contribution in [2.24, 2.45) is 21.7 Å². The van der Waals surface area contributed by atoms with Gasteiger partial charge in [-0.1, -0.05) is 82.1 Å². The summed E-state index contributed by atoms with van der Waals surface area (Å²) < 4.78 is 11.4. The first-order valence-corrected chi connectivity index (χ1v) is 14.5. The van der Waals surface area contributed by atoms with Crippen LogP contribution in [0.4, 0.5) is 0 Å². The summed E-state index contributed by atoms with van der Waals surface area (Å²) in [5.74, 6) is -0.386. The average molecular weight is 536 g/mol. The smallest absolute Gasteiger partial charge is 0.307 e. The maximum absolute atomic E-state index is 12.6. The van der Waals surface area contributed by atoms with Crippen molar-refractivity contribution in [1.29, 1.82) is 0 Å². The Kier molecular flexibility index (Phi) is 13.5. The first kappa shape index (κ1) is 34.1. The van der Waals surface area contributed by atoms with Gasteiger partial charge in [0.05, 0.1) is 32.4 Å². The van der Waals surface area contributed by atoms with Crippen LogP contribution in [-0.4, -0.2) is 59.7 Å². The maximum Gasteiger partial charge on any atom is 0.307 e. The molecule has 0 aliphatic heterocycles. The Hall–Kier alpha value is -1.89. The van der Waals surface area contributed by atoms with Gasteiger partial charge < -0.3 is 19.4 Å². The number of hydrogen-bond acceptors (Lipinski definition) is 6. The molecule has 0 saturated carbocycles. The van der Waals surface area contributed by atoms with E-state index in [1.54, 1.807) is 12.5 Å². The molecule has 0 aromatic carbocycles. The highest BCUT2D eigenvalue weighted by Gasteiger charge is 2.30. The molecule has 0 spiro atoms. The standard InChI is InChI=1S/C31H57N3O4/c1-11-28(3,4)20-30(7,8)22-37-26(35)14-17-34(16-13-25-19-32-24-33-25)18-15-27(36)38-23-31(9,10)21-29(5,6)12-2/h19,24H,11-18,20-23H2,1-10H3,(H,32,33). The van der Waals surface area contributed by atoms with Crippen molar-refractivity contribution in [3.63, 3.8) is 0 Å². The van der Waals surface area contributed by atoms with Crippen molar-refractivity contribution in [3.05, 3.63) is 18.2 Å². The average Bonchev–Trinajstić information content (AvgIpc) is 3.33. The number of esters is 2. The van der Waals surface area contributed by atoms with Gasteiger partial charge in [-0.05, 0) is 34.5 Å². The number of H-pyrrole nitrogens is 1. The van der Waals surface area contributed by atoms with Gasteiger partial charge in [0.15, 0.2) is 0 Å². The van der Waals surface area contributed by atoms with E-state index in [4.69, 9.17) is 9.47 Å². The molecule has 0 bridgehead atoms. The number of nitrogens with one attached hydrogen (secondary N) is 1. The molecule has 38 heavy (non-hydrogen) atoms. The lowest BCUT2D eigenvalue weighted by atomic mass is 9.74. The molecule has 0 saturated heterocycles.